The number of allylic oxidation sites excluding steroid dienone is 4. The number of carbonyl (C=O) groups excluding carboxylic acids is 2. The van der Waals surface area contributed by atoms with Gasteiger partial charge in [0.15, 0.2) is 5.78 Å². The number of ketones is 1. The van der Waals surface area contributed by atoms with Crippen molar-refractivity contribution < 1.29 is 9.59 Å². The Labute approximate surface area is 128 Å². The quantitative estimate of drug-likeness (QED) is 0.747. The number of hydrogen-bond acceptors (Lipinski definition) is 2. The molecule has 2 aromatic carbocycles. The zero-order chi connectivity index (χ0) is 15.7. The summed E-state index contributed by atoms with van der Waals surface area (Å²) in [7, 11) is 0. The molecule has 0 aliphatic heterocycles. The molecule has 0 saturated heterocycles. The van der Waals surface area contributed by atoms with Crippen molar-refractivity contribution in [2.24, 2.45) is 4.99 Å². The van der Waals surface area contributed by atoms with E-state index in [2.05, 4.69) is 4.99 Å². The molecule has 1 aliphatic carbocycles. The van der Waals surface area contributed by atoms with E-state index in [-0.39, 0.29) is 11.7 Å². The summed E-state index contributed by atoms with van der Waals surface area (Å²) in [6.45, 7) is 3.46. The van der Waals surface area contributed by atoms with E-state index in [9.17, 15) is 9.59 Å². The van der Waals surface area contributed by atoms with E-state index < -0.39 is 0 Å². The zero-order valence-corrected chi connectivity index (χ0v) is 12.5. The van der Waals surface area contributed by atoms with Gasteiger partial charge in [-0.1, -0.05) is 30.3 Å². The van der Waals surface area contributed by atoms with Crippen LogP contribution in [-0.2, 0) is 4.79 Å². The molecule has 0 fully saturated rings. The first-order valence-electron chi connectivity index (χ1n) is 7.08. The summed E-state index contributed by atoms with van der Waals surface area (Å²) >= 11 is 0. The van der Waals surface area contributed by atoms with Crippen molar-refractivity contribution in [2.75, 3.05) is 0 Å². The summed E-state index contributed by atoms with van der Waals surface area (Å²) in [6.07, 6.45) is 3.29. The van der Waals surface area contributed by atoms with Gasteiger partial charge in [-0.15, -0.1) is 0 Å². The number of fused-ring (bicyclic) bond motifs is 1. The first-order chi connectivity index (χ1) is 10.5. The Morgan fingerprint density at radius 1 is 0.909 bits per heavy atom. The molecule has 0 saturated carbocycles. The Morgan fingerprint density at radius 3 is 2.23 bits per heavy atom. The van der Waals surface area contributed by atoms with E-state index in [0.717, 1.165) is 10.8 Å². The molecule has 1 aliphatic rings. The third-order valence-electron chi connectivity index (χ3n) is 3.67. The van der Waals surface area contributed by atoms with Gasteiger partial charge in [0, 0.05) is 5.56 Å². The minimum Gasteiger partial charge on any atom is -0.289 e. The molecule has 0 aromatic heterocycles. The normalized spacial score (nSPS) is 14.6. The molecular weight excluding hydrogens is 274 g/mol. The van der Waals surface area contributed by atoms with Crippen LogP contribution in [0.5, 0.6) is 0 Å². The predicted molar refractivity (Wildman–Crippen MR) is 88.2 cm³/mol. The Morgan fingerprint density at radius 2 is 1.55 bits per heavy atom. The van der Waals surface area contributed by atoms with Gasteiger partial charge in [0.1, 0.15) is 0 Å². The second kappa shape index (κ2) is 5.53. The van der Waals surface area contributed by atoms with E-state index in [1.165, 1.54) is 0 Å². The highest BCUT2D eigenvalue weighted by molar-refractivity contribution is 6.23. The first kappa shape index (κ1) is 14.1. The fourth-order valence-electron chi connectivity index (χ4n) is 2.50. The third kappa shape index (κ3) is 2.66. The maximum absolute atomic E-state index is 12.3. The van der Waals surface area contributed by atoms with Crippen LogP contribution in [0.2, 0.25) is 0 Å². The lowest BCUT2D eigenvalue weighted by Gasteiger charge is -2.08. The molecule has 0 heterocycles. The van der Waals surface area contributed by atoms with Crippen molar-refractivity contribution in [1.29, 1.82) is 0 Å². The molecule has 3 rings (SSSR count). The molecular formula is C19H15NO2. The number of benzene rings is 2. The van der Waals surface area contributed by atoms with Gasteiger partial charge in [-0.05, 0) is 60.1 Å². The van der Waals surface area contributed by atoms with Gasteiger partial charge in [-0.25, -0.2) is 4.99 Å². The van der Waals surface area contributed by atoms with Gasteiger partial charge < -0.3 is 0 Å². The Kier molecular flexibility index (Phi) is 3.55. The van der Waals surface area contributed by atoms with Gasteiger partial charge in [0.25, 0.3) is 5.91 Å². The molecule has 0 bridgehead atoms. The number of nitrogens with zero attached hydrogens (tertiary/aromatic N) is 1. The molecule has 3 heteroatoms. The molecule has 0 unspecified atom stereocenters. The van der Waals surface area contributed by atoms with Crippen molar-refractivity contribution >= 4 is 28.2 Å². The van der Waals surface area contributed by atoms with E-state index in [1.807, 2.05) is 36.4 Å². The fourth-order valence-corrected chi connectivity index (χ4v) is 2.50. The summed E-state index contributed by atoms with van der Waals surface area (Å²) in [4.78, 5) is 28.1. The van der Waals surface area contributed by atoms with Crippen LogP contribution >= 0.6 is 0 Å². The van der Waals surface area contributed by atoms with Gasteiger partial charge in [-0.3, -0.25) is 9.59 Å². The minimum absolute atomic E-state index is 0.00268. The summed E-state index contributed by atoms with van der Waals surface area (Å²) in [5, 5.41) is 2.09. The van der Waals surface area contributed by atoms with E-state index >= 15 is 0 Å². The van der Waals surface area contributed by atoms with Crippen molar-refractivity contribution in [2.45, 2.75) is 13.8 Å². The maximum Gasteiger partial charge on any atom is 0.277 e. The van der Waals surface area contributed by atoms with Crippen molar-refractivity contribution in [3.05, 3.63) is 71.3 Å². The smallest absolute Gasteiger partial charge is 0.277 e. The average Bonchev–Trinajstić information content (AvgIpc) is 2.52. The molecule has 1 amide bonds. The lowest BCUT2D eigenvalue weighted by molar-refractivity contribution is -0.112. The van der Waals surface area contributed by atoms with Crippen molar-refractivity contribution in [3.63, 3.8) is 0 Å². The number of rotatable bonds is 1. The zero-order valence-electron chi connectivity index (χ0n) is 12.5. The van der Waals surface area contributed by atoms with Crippen LogP contribution in [0.4, 0.5) is 0 Å². The number of Topliss-reactive ketones (excluding diaryl/α,β-unsaturated/α-hetero) is 1. The third-order valence-corrected chi connectivity index (χ3v) is 3.67. The molecule has 0 atom stereocenters. The number of aliphatic imine (C=N–C) groups is 1. The SMILES string of the molecule is CC1=CC(=NC(=O)c2ccc3ccccc3c2)C=C(C)C1=O. The van der Waals surface area contributed by atoms with Crippen LogP contribution in [0.15, 0.2) is 70.8 Å². The fraction of sp³-hybridized carbons (Fsp3) is 0.105. The summed E-state index contributed by atoms with van der Waals surface area (Å²) in [5.74, 6) is -0.305. The van der Waals surface area contributed by atoms with Gasteiger partial charge >= 0.3 is 0 Å². The van der Waals surface area contributed by atoms with Crippen molar-refractivity contribution in [3.8, 4) is 0 Å². The second-order valence-electron chi connectivity index (χ2n) is 5.39. The van der Waals surface area contributed by atoms with E-state index in [0.29, 0.717) is 22.4 Å². The van der Waals surface area contributed by atoms with E-state index in [1.54, 1.807) is 32.1 Å². The maximum atomic E-state index is 12.3. The van der Waals surface area contributed by atoms with Crippen LogP contribution in [0.25, 0.3) is 10.8 Å². The molecule has 0 N–H and O–H groups in total. The summed E-state index contributed by atoms with van der Waals surface area (Å²) in [6, 6.07) is 13.4. The molecule has 22 heavy (non-hydrogen) atoms. The van der Waals surface area contributed by atoms with Crippen LogP contribution in [0.3, 0.4) is 0 Å². The summed E-state index contributed by atoms with van der Waals surface area (Å²) in [5.41, 5.74) is 2.27. The first-order valence-corrected chi connectivity index (χ1v) is 7.08. The standard InChI is InChI=1S/C19H15NO2/c1-12-9-17(10-13(2)18(12)21)20-19(22)16-8-7-14-5-3-4-6-15(14)11-16/h3-11H,1-2H3. The highest BCUT2D eigenvalue weighted by Crippen LogP contribution is 2.17. The van der Waals surface area contributed by atoms with Crippen LogP contribution < -0.4 is 0 Å². The van der Waals surface area contributed by atoms with Crippen LogP contribution in [-0.4, -0.2) is 17.4 Å². The highest BCUT2D eigenvalue weighted by atomic mass is 16.1. The number of carbonyl (C=O) groups is 2. The Hall–Kier alpha value is -2.81. The lowest BCUT2D eigenvalue weighted by atomic mass is 9.98. The largest absolute Gasteiger partial charge is 0.289 e. The van der Waals surface area contributed by atoms with Gasteiger partial charge in [0.2, 0.25) is 0 Å². The van der Waals surface area contributed by atoms with E-state index in [4.69, 9.17) is 0 Å². The Bertz CT molecular complexity index is 861. The predicted octanol–water partition coefficient (Wildman–Crippen LogP) is 3.90. The monoisotopic (exact) mass is 289 g/mol. The average molecular weight is 289 g/mol. The molecule has 108 valence electrons. The summed E-state index contributed by atoms with van der Waals surface area (Å²) < 4.78 is 0. The van der Waals surface area contributed by atoms with Crippen LogP contribution in [0, 0.1) is 0 Å². The second-order valence-corrected chi connectivity index (χ2v) is 5.39. The Balaban J connectivity index is 1.96. The van der Waals surface area contributed by atoms with Gasteiger partial charge in [0.05, 0.1) is 5.71 Å². The number of amides is 1. The highest BCUT2D eigenvalue weighted by Gasteiger charge is 2.15. The lowest BCUT2D eigenvalue weighted by Crippen LogP contribution is -2.12. The topological polar surface area (TPSA) is 46.5 Å². The number of hydrogen-bond donors (Lipinski definition) is 0. The molecule has 0 spiro atoms. The van der Waals surface area contributed by atoms with Gasteiger partial charge in [-0.2, -0.15) is 0 Å². The molecule has 2 aromatic rings. The molecule has 0 radical (unpaired) electrons. The van der Waals surface area contributed by atoms with Crippen LogP contribution in [0.1, 0.15) is 24.2 Å². The minimum atomic E-state index is -0.303. The van der Waals surface area contributed by atoms with Crippen molar-refractivity contribution in [1.82, 2.24) is 0 Å². The molecule has 3 nitrogen and oxygen atoms in total.